The topological polar surface area (TPSA) is 73.6 Å². The van der Waals surface area contributed by atoms with Crippen LogP contribution in [0.15, 0.2) is 42.5 Å². The molecular formula is C18H23ClN2O3. The molecule has 0 saturated carbocycles. The predicted molar refractivity (Wildman–Crippen MR) is 97.2 cm³/mol. The molecule has 0 heterocycles. The summed E-state index contributed by atoms with van der Waals surface area (Å²) in [5.74, 6) is 1.45. The lowest BCUT2D eigenvalue weighted by Gasteiger charge is -2.11. The van der Waals surface area contributed by atoms with E-state index in [0.717, 1.165) is 22.6 Å². The van der Waals surface area contributed by atoms with Crippen LogP contribution in [0, 0.1) is 0 Å². The lowest BCUT2D eigenvalue weighted by atomic mass is 10.1. The fraction of sp³-hybridized carbons (Fsp3) is 0.278. The maximum absolute atomic E-state index is 12.1. The Morgan fingerprint density at radius 2 is 1.79 bits per heavy atom. The first-order chi connectivity index (χ1) is 11.2. The van der Waals surface area contributed by atoms with Crippen LogP contribution in [0.1, 0.15) is 21.5 Å². The zero-order valence-corrected chi connectivity index (χ0v) is 14.7. The van der Waals surface area contributed by atoms with E-state index in [1.807, 2.05) is 30.3 Å². The van der Waals surface area contributed by atoms with Gasteiger partial charge in [0.05, 0.1) is 14.2 Å². The molecule has 130 valence electrons. The van der Waals surface area contributed by atoms with Crippen molar-refractivity contribution in [1.29, 1.82) is 0 Å². The van der Waals surface area contributed by atoms with Gasteiger partial charge in [-0.05, 0) is 47.9 Å². The smallest absolute Gasteiger partial charge is 0.251 e. The molecule has 2 aromatic carbocycles. The van der Waals surface area contributed by atoms with Gasteiger partial charge in [-0.25, -0.2) is 0 Å². The zero-order chi connectivity index (χ0) is 16.7. The second-order valence-corrected chi connectivity index (χ2v) is 5.08. The van der Waals surface area contributed by atoms with Crippen LogP contribution in [0.3, 0.4) is 0 Å². The van der Waals surface area contributed by atoms with E-state index in [2.05, 4.69) is 5.32 Å². The standard InChI is InChI=1S/C18H22N2O3.ClH/c1-22-16-7-8-17(23-2)15(11-16)9-10-20-18(21)14-5-3-13(12-19)4-6-14;/h3-8,11H,9-10,12,19H2,1-2H3,(H,20,21);1H. The largest absolute Gasteiger partial charge is 0.497 e. The zero-order valence-electron chi connectivity index (χ0n) is 13.9. The highest BCUT2D eigenvalue weighted by Gasteiger charge is 2.08. The van der Waals surface area contributed by atoms with E-state index in [-0.39, 0.29) is 18.3 Å². The van der Waals surface area contributed by atoms with Crippen LogP contribution >= 0.6 is 12.4 Å². The summed E-state index contributed by atoms with van der Waals surface area (Å²) in [7, 11) is 3.25. The first-order valence-electron chi connectivity index (χ1n) is 7.46. The van der Waals surface area contributed by atoms with Crippen molar-refractivity contribution < 1.29 is 14.3 Å². The molecule has 1 amide bonds. The summed E-state index contributed by atoms with van der Waals surface area (Å²) in [5.41, 5.74) is 8.17. The third kappa shape index (κ3) is 5.15. The van der Waals surface area contributed by atoms with Gasteiger partial charge in [-0.1, -0.05) is 12.1 Å². The molecule has 6 heteroatoms. The van der Waals surface area contributed by atoms with E-state index < -0.39 is 0 Å². The summed E-state index contributed by atoms with van der Waals surface area (Å²) in [5, 5.41) is 2.91. The molecule has 0 bridgehead atoms. The van der Waals surface area contributed by atoms with Crippen molar-refractivity contribution in [2.45, 2.75) is 13.0 Å². The highest BCUT2D eigenvalue weighted by molar-refractivity contribution is 5.94. The molecule has 2 aromatic rings. The number of amides is 1. The Labute approximate surface area is 148 Å². The molecule has 3 N–H and O–H groups in total. The summed E-state index contributed by atoms with van der Waals surface area (Å²) in [4.78, 5) is 12.1. The molecule has 5 nitrogen and oxygen atoms in total. The summed E-state index contributed by atoms with van der Waals surface area (Å²) in [6.45, 7) is 0.985. The van der Waals surface area contributed by atoms with Gasteiger partial charge in [0.15, 0.2) is 0 Å². The lowest BCUT2D eigenvalue weighted by molar-refractivity contribution is 0.0954. The van der Waals surface area contributed by atoms with Gasteiger partial charge in [-0.2, -0.15) is 0 Å². The van der Waals surface area contributed by atoms with Crippen LogP contribution in [0.2, 0.25) is 0 Å². The molecular weight excluding hydrogens is 328 g/mol. The molecule has 24 heavy (non-hydrogen) atoms. The minimum Gasteiger partial charge on any atom is -0.497 e. The highest BCUT2D eigenvalue weighted by Crippen LogP contribution is 2.24. The normalized spacial score (nSPS) is 9.79. The second-order valence-electron chi connectivity index (χ2n) is 5.08. The van der Waals surface area contributed by atoms with E-state index in [1.54, 1.807) is 26.4 Å². The number of nitrogens with two attached hydrogens (primary N) is 1. The maximum Gasteiger partial charge on any atom is 0.251 e. The summed E-state index contributed by atoms with van der Waals surface area (Å²) >= 11 is 0. The van der Waals surface area contributed by atoms with Crippen LogP contribution in [0.25, 0.3) is 0 Å². The maximum atomic E-state index is 12.1. The second kappa shape index (κ2) is 9.80. The molecule has 0 atom stereocenters. The van der Waals surface area contributed by atoms with E-state index in [4.69, 9.17) is 15.2 Å². The van der Waals surface area contributed by atoms with Crippen molar-refractivity contribution >= 4 is 18.3 Å². The molecule has 0 spiro atoms. The number of carbonyl (C=O) groups is 1. The molecule has 0 fully saturated rings. The molecule has 0 saturated heterocycles. The quantitative estimate of drug-likeness (QED) is 0.804. The van der Waals surface area contributed by atoms with E-state index in [9.17, 15) is 4.79 Å². The van der Waals surface area contributed by atoms with Gasteiger partial charge in [-0.15, -0.1) is 12.4 Å². The Hall–Kier alpha value is -2.24. The molecule has 0 aliphatic heterocycles. The highest BCUT2D eigenvalue weighted by atomic mass is 35.5. The minimum absolute atomic E-state index is 0. The van der Waals surface area contributed by atoms with Crippen molar-refractivity contribution in [1.82, 2.24) is 5.32 Å². The first-order valence-corrected chi connectivity index (χ1v) is 7.46. The van der Waals surface area contributed by atoms with Crippen molar-refractivity contribution in [3.8, 4) is 11.5 Å². The van der Waals surface area contributed by atoms with Gasteiger partial charge < -0.3 is 20.5 Å². The molecule has 0 unspecified atom stereocenters. The summed E-state index contributed by atoms with van der Waals surface area (Å²) < 4.78 is 10.6. The SMILES string of the molecule is COc1ccc(OC)c(CCNC(=O)c2ccc(CN)cc2)c1.Cl. The van der Waals surface area contributed by atoms with Crippen molar-refractivity contribution in [3.05, 3.63) is 59.2 Å². The first kappa shape index (κ1) is 19.8. The fourth-order valence-corrected chi connectivity index (χ4v) is 2.28. The van der Waals surface area contributed by atoms with Crippen molar-refractivity contribution in [2.75, 3.05) is 20.8 Å². The fourth-order valence-electron chi connectivity index (χ4n) is 2.28. The number of rotatable bonds is 7. The van der Waals surface area contributed by atoms with Crippen LogP contribution in [-0.4, -0.2) is 26.7 Å². The van der Waals surface area contributed by atoms with Crippen LogP contribution < -0.4 is 20.5 Å². The van der Waals surface area contributed by atoms with Gasteiger partial charge in [0.25, 0.3) is 5.91 Å². The number of benzene rings is 2. The number of nitrogens with one attached hydrogen (secondary N) is 1. The number of hydrogen-bond donors (Lipinski definition) is 2. The molecule has 0 aliphatic rings. The van der Waals surface area contributed by atoms with Gasteiger partial charge in [0.2, 0.25) is 0 Å². The number of ether oxygens (including phenoxy) is 2. The average molecular weight is 351 g/mol. The third-order valence-corrected chi connectivity index (χ3v) is 3.62. The lowest BCUT2D eigenvalue weighted by Crippen LogP contribution is -2.25. The Bertz CT molecular complexity index is 660. The van der Waals surface area contributed by atoms with Gasteiger partial charge >= 0.3 is 0 Å². The molecule has 0 aliphatic carbocycles. The Balaban J connectivity index is 0.00000288. The Kier molecular flexibility index (Phi) is 8.09. The monoisotopic (exact) mass is 350 g/mol. The predicted octanol–water partition coefficient (Wildman–Crippen LogP) is 2.56. The van der Waals surface area contributed by atoms with Gasteiger partial charge in [-0.3, -0.25) is 4.79 Å². The Morgan fingerprint density at radius 1 is 1.08 bits per heavy atom. The third-order valence-electron chi connectivity index (χ3n) is 3.62. The number of halogens is 1. The number of methoxy groups -OCH3 is 2. The number of hydrogen-bond acceptors (Lipinski definition) is 4. The van der Waals surface area contributed by atoms with Gasteiger partial charge in [0.1, 0.15) is 11.5 Å². The summed E-state index contributed by atoms with van der Waals surface area (Å²) in [6.07, 6.45) is 0.660. The molecule has 0 radical (unpaired) electrons. The van der Waals surface area contributed by atoms with E-state index >= 15 is 0 Å². The Morgan fingerprint density at radius 3 is 2.38 bits per heavy atom. The van der Waals surface area contributed by atoms with Crippen molar-refractivity contribution in [2.24, 2.45) is 5.73 Å². The van der Waals surface area contributed by atoms with E-state index in [0.29, 0.717) is 25.1 Å². The van der Waals surface area contributed by atoms with E-state index in [1.165, 1.54) is 0 Å². The number of carbonyl (C=O) groups excluding carboxylic acids is 1. The summed E-state index contributed by atoms with van der Waals surface area (Å²) in [6, 6.07) is 12.9. The average Bonchev–Trinajstić information content (AvgIpc) is 2.61. The molecule has 0 aromatic heterocycles. The van der Waals surface area contributed by atoms with Crippen LogP contribution in [-0.2, 0) is 13.0 Å². The van der Waals surface area contributed by atoms with Crippen LogP contribution in [0.4, 0.5) is 0 Å². The van der Waals surface area contributed by atoms with Crippen LogP contribution in [0.5, 0.6) is 11.5 Å². The molecule has 2 rings (SSSR count). The van der Waals surface area contributed by atoms with Gasteiger partial charge in [0, 0.05) is 18.7 Å². The van der Waals surface area contributed by atoms with Crippen molar-refractivity contribution in [3.63, 3.8) is 0 Å². The minimum atomic E-state index is -0.101.